The fourth-order valence-corrected chi connectivity index (χ4v) is 3.03. The molecule has 1 heterocycles. The van der Waals surface area contributed by atoms with E-state index >= 15 is 0 Å². The van der Waals surface area contributed by atoms with Crippen LogP contribution >= 0.6 is 0 Å². The largest absolute Gasteiger partial charge is 0.497 e. The number of hydrogen-bond acceptors (Lipinski definition) is 3. The molecule has 0 spiro atoms. The maximum absolute atomic E-state index is 12.8. The summed E-state index contributed by atoms with van der Waals surface area (Å²) in [5.41, 5.74) is 3.77. The van der Waals surface area contributed by atoms with Crippen LogP contribution in [-0.4, -0.2) is 13.0 Å². The van der Waals surface area contributed by atoms with Crippen LogP contribution in [0.2, 0.25) is 0 Å². The summed E-state index contributed by atoms with van der Waals surface area (Å²) in [5.74, 6) is 0.995. The van der Waals surface area contributed by atoms with E-state index in [2.05, 4.69) is 5.32 Å². The molecule has 0 radical (unpaired) electrons. The Morgan fingerprint density at radius 1 is 1.16 bits per heavy atom. The first-order valence-electron chi connectivity index (χ1n) is 8.48. The molecule has 0 fully saturated rings. The van der Waals surface area contributed by atoms with E-state index in [0.717, 1.165) is 39.8 Å². The van der Waals surface area contributed by atoms with Crippen molar-refractivity contribution >= 4 is 16.9 Å². The van der Waals surface area contributed by atoms with Gasteiger partial charge in [-0.3, -0.25) is 4.79 Å². The average molecular weight is 337 g/mol. The van der Waals surface area contributed by atoms with E-state index in [1.165, 1.54) is 0 Å². The number of nitrogens with one attached hydrogen (secondary N) is 1. The summed E-state index contributed by atoms with van der Waals surface area (Å²) in [5, 5.41) is 4.06. The summed E-state index contributed by atoms with van der Waals surface area (Å²) in [6, 6.07) is 13.7. The number of ether oxygens (including phenoxy) is 1. The number of amides is 1. The molecular formula is C21H23NO3. The molecule has 1 N–H and O–H groups in total. The molecule has 1 amide bonds. The summed E-state index contributed by atoms with van der Waals surface area (Å²) >= 11 is 0. The Morgan fingerprint density at radius 3 is 2.52 bits per heavy atom. The molecule has 0 saturated carbocycles. The number of fused-ring (bicyclic) bond motifs is 1. The molecule has 2 aromatic carbocycles. The van der Waals surface area contributed by atoms with Crippen molar-refractivity contribution in [1.29, 1.82) is 0 Å². The molecule has 3 rings (SSSR count). The highest BCUT2D eigenvalue weighted by Gasteiger charge is 2.21. The van der Waals surface area contributed by atoms with E-state index < -0.39 is 0 Å². The maximum Gasteiger partial charge on any atom is 0.287 e. The number of methoxy groups -OCH3 is 1. The van der Waals surface area contributed by atoms with E-state index in [1.54, 1.807) is 7.11 Å². The third-order valence-corrected chi connectivity index (χ3v) is 4.53. The van der Waals surface area contributed by atoms with Gasteiger partial charge in [0.25, 0.3) is 5.91 Å². The average Bonchev–Trinajstić information content (AvgIpc) is 2.95. The Bertz CT molecular complexity index is 893. The van der Waals surface area contributed by atoms with Gasteiger partial charge in [0.15, 0.2) is 5.76 Å². The minimum absolute atomic E-state index is 0.0762. The van der Waals surface area contributed by atoms with Crippen LogP contribution in [0.4, 0.5) is 0 Å². The SMILES string of the molecule is CCC(NC(=O)c1oc2cc(C)ccc2c1C)c1ccc(OC)cc1. The lowest BCUT2D eigenvalue weighted by atomic mass is 10.0. The van der Waals surface area contributed by atoms with Crippen LogP contribution in [0.3, 0.4) is 0 Å². The monoisotopic (exact) mass is 337 g/mol. The molecule has 1 unspecified atom stereocenters. The summed E-state index contributed by atoms with van der Waals surface area (Å²) in [6.45, 7) is 5.97. The van der Waals surface area contributed by atoms with Crippen LogP contribution < -0.4 is 10.1 Å². The zero-order valence-electron chi connectivity index (χ0n) is 15.1. The van der Waals surface area contributed by atoms with Gasteiger partial charge in [-0.25, -0.2) is 0 Å². The molecule has 0 saturated heterocycles. The van der Waals surface area contributed by atoms with Gasteiger partial charge < -0.3 is 14.5 Å². The van der Waals surface area contributed by atoms with Gasteiger partial charge in [0.1, 0.15) is 11.3 Å². The van der Waals surface area contributed by atoms with Crippen LogP contribution in [0.15, 0.2) is 46.9 Å². The second-order valence-electron chi connectivity index (χ2n) is 6.26. The molecule has 1 atom stereocenters. The van der Waals surface area contributed by atoms with Crippen molar-refractivity contribution in [2.45, 2.75) is 33.2 Å². The van der Waals surface area contributed by atoms with Crippen LogP contribution in [-0.2, 0) is 0 Å². The lowest BCUT2D eigenvalue weighted by Gasteiger charge is -2.17. The molecule has 4 heteroatoms. The van der Waals surface area contributed by atoms with Gasteiger partial charge >= 0.3 is 0 Å². The molecule has 0 bridgehead atoms. The molecule has 1 aromatic heterocycles. The number of carbonyl (C=O) groups excluding carboxylic acids is 1. The van der Waals surface area contributed by atoms with Crippen molar-refractivity contribution < 1.29 is 13.9 Å². The van der Waals surface area contributed by atoms with Crippen LogP contribution in [0.1, 0.15) is 46.6 Å². The Balaban J connectivity index is 1.85. The van der Waals surface area contributed by atoms with Crippen LogP contribution in [0, 0.1) is 13.8 Å². The lowest BCUT2D eigenvalue weighted by molar-refractivity contribution is 0.0909. The predicted octanol–water partition coefficient (Wildman–Crippen LogP) is 4.94. The highest BCUT2D eigenvalue weighted by molar-refractivity contribution is 5.99. The highest BCUT2D eigenvalue weighted by Crippen LogP contribution is 2.27. The van der Waals surface area contributed by atoms with Crippen molar-refractivity contribution in [2.24, 2.45) is 0 Å². The molecular weight excluding hydrogens is 314 g/mol. The molecule has 0 aliphatic rings. The smallest absolute Gasteiger partial charge is 0.287 e. The first kappa shape index (κ1) is 17.1. The summed E-state index contributed by atoms with van der Waals surface area (Å²) in [4.78, 5) is 12.8. The Hall–Kier alpha value is -2.75. The number of aryl methyl sites for hydroxylation is 2. The molecule has 0 aliphatic heterocycles. The van der Waals surface area contributed by atoms with Crippen LogP contribution in [0.25, 0.3) is 11.0 Å². The van der Waals surface area contributed by atoms with Crippen molar-refractivity contribution in [3.05, 3.63) is 64.9 Å². The van der Waals surface area contributed by atoms with E-state index in [0.29, 0.717) is 5.76 Å². The second kappa shape index (κ2) is 7.01. The molecule has 3 aromatic rings. The second-order valence-corrected chi connectivity index (χ2v) is 6.26. The Morgan fingerprint density at radius 2 is 1.88 bits per heavy atom. The summed E-state index contributed by atoms with van der Waals surface area (Å²) in [7, 11) is 1.64. The first-order valence-corrected chi connectivity index (χ1v) is 8.48. The number of furan rings is 1. The third-order valence-electron chi connectivity index (χ3n) is 4.53. The quantitative estimate of drug-likeness (QED) is 0.717. The predicted molar refractivity (Wildman–Crippen MR) is 99.2 cm³/mol. The number of rotatable bonds is 5. The van der Waals surface area contributed by atoms with E-state index in [9.17, 15) is 4.79 Å². The highest BCUT2D eigenvalue weighted by atomic mass is 16.5. The normalized spacial score (nSPS) is 12.2. The van der Waals surface area contributed by atoms with Crippen molar-refractivity contribution in [2.75, 3.05) is 7.11 Å². The zero-order chi connectivity index (χ0) is 18.0. The Kier molecular flexibility index (Phi) is 4.79. The zero-order valence-corrected chi connectivity index (χ0v) is 15.1. The van der Waals surface area contributed by atoms with E-state index in [-0.39, 0.29) is 11.9 Å². The van der Waals surface area contributed by atoms with Gasteiger partial charge in [-0.1, -0.05) is 31.2 Å². The van der Waals surface area contributed by atoms with E-state index in [4.69, 9.17) is 9.15 Å². The van der Waals surface area contributed by atoms with Gasteiger partial charge in [-0.15, -0.1) is 0 Å². The fourth-order valence-electron chi connectivity index (χ4n) is 3.03. The summed E-state index contributed by atoms with van der Waals surface area (Å²) < 4.78 is 11.0. The van der Waals surface area contributed by atoms with Crippen molar-refractivity contribution in [3.8, 4) is 5.75 Å². The molecule has 4 nitrogen and oxygen atoms in total. The minimum atomic E-state index is -0.186. The van der Waals surface area contributed by atoms with Crippen LogP contribution in [0.5, 0.6) is 5.75 Å². The lowest BCUT2D eigenvalue weighted by Crippen LogP contribution is -2.28. The number of benzene rings is 2. The van der Waals surface area contributed by atoms with Crippen molar-refractivity contribution in [3.63, 3.8) is 0 Å². The molecule has 25 heavy (non-hydrogen) atoms. The minimum Gasteiger partial charge on any atom is -0.497 e. The van der Waals surface area contributed by atoms with Gasteiger partial charge in [0, 0.05) is 10.9 Å². The first-order chi connectivity index (χ1) is 12.0. The van der Waals surface area contributed by atoms with Crippen molar-refractivity contribution in [1.82, 2.24) is 5.32 Å². The fraction of sp³-hybridized carbons (Fsp3) is 0.286. The van der Waals surface area contributed by atoms with Gasteiger partial charge in [0.2, 0.25) is 0 Å². The van der Waals surface area contributed by atoms with Gasteiger partial charge in [-0.2, -0.15) is 0 Å². The summed E-state index contributed by atoms with van der Waals surface area (Å²) in [6.07, 6.45) is 0.788. The molecule has 0 aliphatic carbocycles. The third kappa shape index (κ3) is 3.38. The topological polar surface area (TPSA) is 51.5 Å². The number of carbonyl (C=O) groups is 1. The van der Waals surface area contributed by atoms with E-state index in [1.807, 2.05) is 63.2 Å². The van der Waals surface area contributed by atoms with Gasteiger partial charge in [-0.05, 0) is 49.6 Å². The van der Waals surface area contributed by atoms with Gasteiger partial charge in [0.05, 0.1) is 13.2 Å². The number of hydrogen-bond donors (Lipinski definition) is 1. The standard InChI is InChI=1S/C21H23NO3/c1-5-18(15-7-9-16(24-4)10-8-15)22-21(23)20-14(3)17-11-6-13(2)12-19(17)25-20/h6-12,18H,5H2,1-4H3,(H,22,23). The maximum atomic E-state index is 12.8. The Labute approximate surface area is 147 Å². The molecule has 130 valence electrons.